The van der Waals surface area contributed by atoms with E-state index in [9.17, 15) is 4.79 Å². The van der Waals surface area contributed by atoms with Crippen molar-refractivity contribution >= 4 is 5.91 Å². The highest BCUT2D eigenvalue weighted by molar-refractivity contribution is 5.81. The second kappa shape index (κ2) is 9.75. The number of pyridine rings is 1. The number of methoxy groups -OCH3 is 1. The van der Waals surface area contributed by atoms with Gasteiger partial charge in [-0.15, -0.1) is 0 Å². The van der Waals surface area contributed by atoms with Gasteiger partial charge < -0.3 is 10.5 Å². The minimum atomic E-state index is -0.489. The first-order chi connectivity index (χ1) is 15.9. The first-order valence-electron chi connectivity index (χ1n) is 11.6. The molecule has 2 aromatic carbocycles. The van der Waals surface area contributed by atoms with Gasteiger partial charge in [0.15, 0.2) is 0 Å². The number of nitrogens with zero attached hydrogens (tertiary/aromatic N) is 2. The van der Waals surface area contributed by atoms with Crippen molar-refractivity contribution in [1.29, 1.82) is 0 Å². The molecule has 1 amide bonds. The van der Waals surface area contributed by atoms with Gasteiger partial charge in [-0.05, 0) is 91.7 Å². The number of piperidine rings is 1. The highest BCUT2D eigenvalue weighted by Gasteiger charge is 2.40. The lowest BCUT2D eigenvalue weighted by atomic mass is 9.73. The van der Waals surface area contributed by atoms with Gasteiger partial charge in [0.2, 0.25) is 5.91 Å². The summed E-state index contributed by atoms with van der Waals surface area (Å²) in [6, 6.07) is 16.6. The van der Waals surface area contributed by atoms with Crippen molar-refractivity contribution in [2.45, 2.75) is 39.7 Å². The average Bonchev–Trinajstić information content (AvgIpc) is 2.84. The van der Waals surface area contributed by atoms with Crippen molar-refractivity contribution in [3.05, 3.63) is 83.2 Å². The molecule has 0 unspecified atom stereocenters. The van der Waals surface area contributed by atoms with Crippen LogP contribution in [0.5, 0.6) is 5.75 Å². The summed E-state index contributed by atoms with van der Waals surface area (Å²) in [5, 5.41) is 0. The normalized spacial score (nSPS) is 15.8. The molecule has 2 N–H and O–H groups in total. The molecule has 0 radical (unpaired) electrons. The fourth-order valence-corrected chi connectivity index (χ4v) is 4.87. The van der Waals surface area contributed by atoms with Crippen LogP contribution >= 0.6 is 0 Å². The van der Waals surface area contributed by atoms with E-state index in [1.54, 1.807) is 13.3 Å². The van der Waals surface area contributed by atoms with Gasteiger partial charge in [-0.3, -0.25) is 14.7 Å². The van der Waals surface area contributed by atoms with Crippen LogP contribution in [0.3, 0.4) is 0 Å². The molecule has 0 spiro atoms. The third-order valence-electron chi connectivity index (χ3n) is 7.29. The number of amides is 1. The predicted octanol–water partition coefficient (Wildman–Crippen LogP) is 4.68. The van der Waals surface area contributed by atoms with E-state index in [-0.39, 0.29) is 5.91 Å². The monoisotopic (exact) mass is 443 g/mol. The number of hydrogen-bond donors (Lipinski definition) is 1. The fourth-order valence-electron chi connectivity index (χ4n) is 4.87. The van der Waals surface area contributed by atoms with Gasteiger partial charge in [-0.1, -0.05) is 36.4 Å². The van der Waals surface area contributed by atoms with E-state index >= 15 is 0 Å². The maximum Gasteiger partial charge on any atom is 0.224 e. The predicted molar refractivity (Wildman–Crippen MR) is 132 cm³/mol. The van der Waals surface area contributed by atoms with Crippen LogP contribution in [0.4, 0.5) is 0 Å². The highest BCUT2D eigenvalue weighted by atomic mass is 16.5. The summed E-state index contributed by atoms with van der Waals surface area (Å²) < 4.78 is 5.45. The number of nitrogens with two attached hydrogens (primary N) is 1. The molecule has 1 aromatic heterocycles. The Kier molecular flexibility index (Phi) is 6.80. The molecule has 33 heavy (non-hydrogen) atoms. The van der Waals surface area contributed by atoms with E-state index in [2.05, 4.69) is 60.1 Å². The maximum atomic E-state index is 12.6. The summed E-state index contributed by atoms with van der Waals surface area (Å²) in [4.78, 5) is 19.2. The van der Waals surface area contributed by atoms with Crippen LogP contribution in [0.2, 0.25) is 0 Å². The number of carbonyl (C=O) groups excluding carboxylic acids is 1. The lowest BCUT2D eigenvalue weighted by molar-refractivity contribution is -0.130. The molecule has 0 atom stereocenters. The van der Waals surface area contributed by atoms with Crippen molar-refractivity contribution < 1.29 is 9.53 Å². The molecule has 2 heterocycles. The molecule has 5 nitrogen and oxygen atoms in total. The second-order valence-corrected chi connectivity index (χ2v) is 9.21. The number of benzene rings is 2. The number of hydrogen-bond acceptors (Lipinski definition) is 4. The molecule has 1 aliphatic heterocycles. The molecular weight excluding hydrogens is 410 g/mol. The van der Waals surface area contributed by atoms with E-state index in [4.69, 9.17) is 10.5 Å². The Bertz CT molecular complexity index is 1100. The molecule has 1 saturated heterocycles. The van der Waals surface area contributed by atoms with Crippen LogP contribution in [0.1, 0.15) is 35.1 Å². The van der Waals surface area contributed by atoms with Crippen molar-refractivity contribution in [3.63, 3.8) is 0 Å². The molecule has 0 saturated carbocycles. The quantitative estimate of drug-likeness (QED) is 0.575. The largest absolute Gasteiger partial charge is 0.496 e. The molecule has 1 aliphatic rings. The van der Waals surface area contributed by atoms with Gasteiger partial charge in [-0.25, -0.2) is 0 Å². The van der Waals surface area contributed by atoms with Gasteiger partial charge in [0.05, 0.1) is 12.5 Å². The Morgan fingerprint density at radius 2 is 1.76 bits per heavy atom. The van der Waals surface area contributed by atoms with Crippen molar-refractivity contribution in [1.82, 2.24) is 9.88 Å². The van der Waals surface area contributed by atoms with Crippen LogP contribution in [-0.4, -0.2) is 36.0 Å². The molecular formula is C28H33N3O2. The summed E-state index contributed by atoms with van der Waals surface area (Å²) in [7, 11) is 1.71. The van der Waals surface area contributed by atoms with Crippen molar-refractivity contribution in [2.75, 3.05) is 20.2 Å². The van der Waals surface area contributed by atoms with Gasteiger partial charge in [0, 0.05) is 18.9 Å². The summed E-state index contributed by atoms with van der Waals surface area (Å²) in [5.74, 6) is 0.743. The van der Waals surface area contributed by atoms with E-state index in [1.807, 2.05) is 18.3 Å². The molecule has 172 valence electrons. The van der Waals surface area contributed by atoms with Crippen LogP contribution < -0.4 is 10.5 Å². The van der Waals surface area contributed by atoms with Crippen molar-refractivity contribution in [3.8, 4) is 16.9 Å². The minimum absolute atomic E-state index is 0.185. The summed E-state index contributed by atoms with van der Waals surface area (Å²) in [6.07, 6.45) is 5.88. The molecule has 5 heteroatoms. The number of ether oxygens (including phenoxy) is 1. The van der Waals surface area contributed by atoms with Crippen LogP contribution in [0.25, 0.3) is 11.1 Å². The third-order valence-corrected chi connectivity index (χ3v) is 7.29. The Morgan fingerprint density at radius 1 is 1.03 bits per heavy atom. The lowest BCUT2D eigenvalue weighted by Gasteiger charge is -2.40. The Labute approximate surface area is 196 Å². The zero-order chi connectivity index (χ0) is 23.4. The van der Waals surface area contributed by atoms with Crippen molar-refractivity contribution in [2.24, 2.45) is 11.1 Å². The summed E-state index contributed by atoms with van der Waals surface area (Å²) >= 11 is 0. The Morgan fingerprint density at radius 3 is 2.36 bits per heavy atom. The van der Waals surface area contributed by atoms with E-state index in [1.165, 1.54) is 16.7 Å². The first kappa shape index (κ1) is 23.0. The van der Waals surface area contributed by atoms with Crippen LogP contribution in [-0.2, 0) is 17.8 Å². The maximum absolute atomic E-state index is 12.6. The van der Waals surface area contributed by atoms with Gasteiger partial charge >= 0.3 is 0 Å². The minimum Gasteiger partial charge on any atom is -0.496 e. The lowest BCUT2D eigenvalue weighted by Crippen LogP contribution is -2.48. The molecule has 0 bridgehead atoms. The Hall–Kier alpha value is -3.18. The number of aromatic nitrogens is 1. The number of likely N-dealkylation sites (tertiary alicyclic amines) is 1. The number of rotatable bonds is 7. The van der Waals surface area contributed by atoms with Gasteiger partial charge in [-0.2, -0.15) is 0 Å². The SMILES string of the molecule is COc1ccc(CN2CCC(Cc3ccc(-c4cccnc4)cc3)(C(N)=O)CC2)c(C)c1C. The average molecular weight is 444 g/mol. The van der Waals surface area contributed by atoms with E-state index in [0.717, 1.165) is 54.9 Å². The highest BCUT2D eigenvalue weighted by Crippen LogP contribution is 2.36. The van der Waals surface area contributed by atoms with Gasteiger partial charge in [0.25, 0.3) is 0 Å². The molecule has 4 rings (SSSR count). The molecule has 1 fully saturated rings. The van der Waals surface area contributed by atoms with E-state index in [0.29, 0.717) is 6.42 Å². The van der Waals surface area contributed by atoms with Crippen LogP contribution in [0, 0.1) is 19.3 Å². The van der Waals surface area contributed by atoms with Crippen LogP contribution in [0.15, 0.2) is 60.9 Å². The summed E-state index contributed by atoms with van der Waals surface area (Å²) in [5.41, 5.74) is 12.6. The van der Waals surface area contributed by atoms with E-state index < -0.39 is 5.41 Å². The first-order valence-corrected chi connectivity index (χ1v) is 11.6. The zero-order valence-corrected chi connectivity index (χ0v) is 19.8. The number of primary amides is 1. The standard InChI is InChI=1S/C28H33N3O2/c1-20-21(2)26(33-3)11-10-25(20)19-31-15-12-28(13-16-31,27(29)32)17-22-6-8-23(9-7-22)24-5-4-14-30-18-24/h4-11,14,18H,12-13,15-17,19H2,1-3H3,(H2,29,32). The third kappa shape index (κ3) is 4.93. The topological polar surface area (TPSA) is 68.4 Å². The number of carbonyl (C=O) groups is 1. The molecule has 0 aliphatic carbocycles. The molecule has 3 aromatic rings. The van der Waals surface area contributed by atoms with Gasteiger partial charge in [0.1, 0.15) is 5.75 Å². The second-order valence-electron chi connectivity index (χ2n) is 9.21. The summed E-state index contributed by atoms with van der Waals surface area (Å²) in [6.45, 7) is 6.86. The smallest absolute Gasteiger partial charge is 0.224 e. The Balaban J connectivity index is 1.43. The zero-order valence-electron chi connectivity index (χ0n) is 19.8. The fraction of sp³-hybridized carbons (Fsp3) is 0.357.